The Morgan fingerprint density at radius 1 is 1.33 bits per heavy atom. The van der Waals surface area contributed by atoms with Crippen LogP contribution in [0.5, 0.6) is 0 Å². The van der Waals surface area contributed by atoms with Crippen molar-refractivity contribution in [3.63, 3.8) is 0 Å². The molecule has 3 rings (SSSR count). The Balaban J connectivity index is 1.68. The summed E-state index contributed by atoms with van der Waals surface area (Å²) in [4.78, 5) is 6.76. The Morgan fingerprint density at radius 3 is 2.76 bits per heavy atom. The van der Waals surface area contributed by atoms with Crippen LogP contribution in [0.3, 0.4) is 0 Å². The Bertz CT molecular complexity index is 710. The second-order valence-corrected chi connectivity index (χ2v) is 8.57. The monoisotopic (exact) mass is 322 g/mol. The molecule has 0 bridgehead atoms. The topological polar surface area (TPSA) is 50.3 Å². The van der Waals surface area contributed by atoms with Gasteiger partial charge in [0.1, 0.15) is 5.01 Å². The van der Waals surface area contributed by atoms with Crippen LogP contribution in [0.2, 0.25) is 0 Å². The minimum Gasteiger partial charge on any atom is -0.297 e. The number of benzene rings is 1. The molecule has 1 aromatic carbocycles. The fourth-order valence-electron chi connectivity index (χ4n) is 2.60. The molecule has 112 valence electrons. The summed E-state index contributed by atoms with van der Waals surface area (Å²) >= 11 is 1.63. The van der Waals surface area contributed by atoms with Gasteiger partial charge in [0.05, 0.1) is 17.2 Å². The van der Waals surface area contributed by atoms with Crippen LogP contribution in [0.4, 0.5) is 0 Å². The average molecular weight is 322 g/mol. The molecule has 1 aliphatic rings. The predicted molar refractivity (Wildman–Crippen MR) is 86.1 cm³/mol. The molecule has 1 aromatic heterocycles. The Kier molecular flexibility index (Phi) is 4.10. The van der Waals surface area contributed by atoms with Crippen molar-refractivity contribution >= 4 is 21.2 Å². The van der Waals surface area contributed by atoms with Crippen LogP contribution < -0.4 is 0 Å². The summed E-state index contributed by atoms with van der Waals surface area (Å²) in [6.07, 6.45) is 0.731. The van der Waals surface area contributed by atoms with Crippen LogP contribution in [0.1, 0.15) is 12.1 Å². The first-order chi connectivity index (χ1) is 10.0. The van der Waals surface area contributed by atoms with Crippen LogP contribution in [0, 0.1) is 0 Å². The summed E-state index contributed by atoms with van der Waals surface area (Å²) in [6.45, 7) is 0.698. The van der Waals surface area contributed by atoms with Crippen molar-refractivity contribution in [3.05, 3.63) is 41.4 Å². The van der Waals surface area contributed by atoms with Gasteiger partial charge in [0, 0.05) is 23.5 Å². The molecule has 0 saturated carbocycles. The molecule has 0 N–H and O–H groups in total. The lowest BCUT2D eigenvalue weighted by molar-refractivity contribution is 0.251. The van der Waals surface area contributed by atoms with E-state index in [4.69, 9.17) is 0 Å². The van der Waals surface area contributed by atoms with Gasteiger partial charge in [0.15, 0.2) is 9.84 Å². The van der Waals surface area contributed by atoms with E-state index in [0.29, 0.717) is 12.3 Å². The molecule has 21 heavy (non-hydrogen) atoms. The second kappa shape index (κ2) is 5.87. The van der Waals surface area contributed by atoms with Gasteiger partial charge in [-0.25, -0.2) is 13.4 Å². The third-order valence-electron chi connectivity index (χ3n) is 3.82. The van der Waals surface area contributed by atoms with Gasteiger partial charge in [0.2, 0.25) is 0 Å². The van der Waals surface area contributed by atoms with Crippen molar-refractivity contribution < 1.29 is 8.42 Å². The maximum absolute atomic E-state index is 11.5. The zero-order valence-electron chi connectivity index (χ0n) is 11.9. The molecule has 0 spiro atoms. The molecule has 4 nitrogen and oxygen atoms in total. The zero-order valence-corrected chi connectivity index (χ0v) is 13.5. The number of hydrogen-bond donors (Lipinski definition) is 0. The zero-order chi connectivity index (χ0) is 14.9. The highest BCUT2D eigenvalue weighted by atomic mass is 32.2. The molecule has 0 amide bonds. The first-order valence-electron chi connectivity index (χ1n) is 6.94. The van der Waals surface area contributed by atoms with Gasteiger partial charge >= 0.3 is 0 Å². The van der Waals surface area contributed by atoms with Crippen LogP contribution in [0.15, 0.2) is 35.7 Å². The van der Waals surface area contributed by atoms with Gasteiger partial charge in [-0.15, -0.1) is 11.3 Å². The van der Waals surface area contributed by atoms with E-state index in [-0.39, 0.29) is 11.8 Å². The van der Waals surface area contributed by atoms with Crippen LogP contribution in [0.25, 0.3) is 10.6 Å². The second-order valence-electron chi connectivity index (χ2n) is 5.48. The number of sulfone groups is 1. The van der Waals surface area contributed by atoms with E-state index >= 15 is 0 Å². The van der Waals surface area contributed by atoms with Crippen molar-refractivity contribution in [1.29, 1.82) is 0 Å². The third-order valence-corrected chi connectivity index (χ3v) is 6.51. The lowest BCUT2D eigenvalue weighted by atomic mass is 10.2. The highest BCUT2D eigenvalue weighted by Gasteiger charge is 2.30. The highest BCUT2D eigenvalue weighted by molar-refractivity contribution is 7.91. The molecule has 1 aliphatic heterocycles. The van der Waals surface area contributed by atoms with E-state index in [1.807, 2.05) is 25.2 Å². The third kappa shape index (κ3) is 3.51. The SMILES string of the molecule is CN(Cc1csc(-c2ccccc2)n1)C1CCS(=O)(=O)C1. The maximum atomic E-state index is 11.5. The van der Waals surface area contributed by atoms with Crippen molar-refractivity contribution in [1.82, 2.24) is 9.88 Å². The minimum atomic E-state index is -2.83. The largest absolute Gasteiger partial charge is 0.297 e. The molecule has 1 atom stereocenters. The fraction of sp³-hybridized carbons (Fsp3) is 0.400. The van der Waals surface area contributed by atoms with E-state index < -0.39 is 9.84 Å². The summed E-state index contributed by atoms with van der Waals surface area (Å²) in [7, 11) is -0.851. The molecule has 1 fully saturated rings. The lowest BCUT2D eigenvalue weighted by Crippen LogP contribution is -2.32. The standard InChI is InChI=1S/C15H18N2O2S2/c1-17(14-7-8-21(18,19)11-14)9-13-10-20-15(16-13)12-5-3-2-4-6-12/h2-6,10,14H,7-9,11H2,1H3. The fourth-order valence-corrected chi connectivity index (χ4v) is 5.22. The number of rotatable bonds is 4. The van der Waals surface area contributed by atoms with Crippen LogP contribution >= 0.6 is 11.3 Å². The van der Waals surface area contributed by atoms with E-state index in [9.17, 15) is 8.42 Å². The summed E-state index contributed by atoms with van der Waals surface area (Å²) in [5, 5.41) is 3.07. The Hall–Kier alpha value is -1.24. The highest BCUT2D eigenvalue weighted by Crippen LogP contribution is 2.25. The molecule has 2 heterocycles. The van der Waals surface area contributed by atoms with E-state index in [0.717, 1.165) is 22.7 Å². The first-order valence-corrected chi connectivity index (χ1v) is 9.64. The quantitative estimate of drug-likeness (QED) is 0.867. The van der Waals surface area contributed by atoms with Crippen molar-refractivity contribution in [2.75, 3.05) is 18.6 Å². The Labute approximate surface area is 129 Å². The molecule has 0 aliphatic carbocycles. The Morgan fingerprint density at radius 2 is 2.10 bits per heavy atom. The number of aromatic nitrogens is 1. The van der Waals surface area contributed by atoms with Gasteiger partial charge in [-0.05, 0) is 13.5 Å². The molecule has 6 heteroatoms. The predicted octanol–water partition coefficient (Wildman–Crippen LogP) is 2.43. The van der Waals surface area contributed by atoms with Gasteiger partial charge < -0.3 is 0 Å². The smallest absolute Gasteiger partial charge is 0.151 e. The molecule has 1 unspecified atom stereocenters. The average Bonchev–Trinajstić information content (AvgIpc) is 3.06. The molecular formula is C15H18N2O2S2. The van der Waals surface area contributed by atoms with Gasteiger partial charge in [0.25, 0.3) is 0 Å². The molecular weight excluding hydrogens is 304 g/mol. The summed E-state index contributed by atoms with van der Waals surface area (Å²) in [6, 6.07) is 10.2. The normalized spacial score (nSPS) is 21.0. The minimum absolute atomic E-state index is 0.122. The summed E-state index contributed by atoms with van der Waals surface area (Å²) in [5.41, 5.74) is 2.13. The van der Waals surface area contributed by atoms with E-state index in [1.165, 1.54) is 0 Å². The number of thiazole rings is 1. The van der Waals surface area contributed by atoms with Crippen molar-refractivity contribution in [3.8, 4) is 10.6 Å². The van der Waals surface area contributed by atoms with Crippen LogP contribution in [-0.2, 0) is 16.4 Å². The molecule has 1 saturated heterocycles. The lowest BCUT2D eigenvalue weighted by Gasteiger charge is -2.21. The molecule has 0 radical (unpaired) electrons. The van der Waals surface area contributed by atoms with Gasteiger partial charge in [-0.1, -0.05) is 30.3 Å². The summed E-state index contributed by atoms with van der Waals surface area (Å²) < 4.78 is 23.1. The van der Waals surface area contributed by atoms with E-state index in [2.05, 4.69) is 27.4 Å². The van der Waals surface area contributed by atoms with Crippen LogP contribution in [-0.4, -0.2) is 42.9 Å². The number of nitrogens with zero attached hydrogens (tertiary/aromatic N) is 2. The molecule has 2 aromatic rings. The summed E-state index contributed by atoms with van der Waals surface area (Å²) in [5.74, 6) is 0.591. The van der Waals surface area contributed by atoms with Gasteiger partial charge in [-0.3, -0.25) is 4.90 Å². The maximum Gasteiger partial charge on any atom is 0.151 e. The van der Waals surface area contributed by atoms with Crippen molar-refractivity contribution in [2.24, 2.45) is 0 Å². The first kappa shape index (κ1) is 14.7. The van der Waals surface area contributed by atoms with Crippen molar-refractivity contribution in [2.45, 2.75) is 19.0 Å². The van der Waals surface area contributed by atoms with Gasteiger partial charge in [-0.2, -0.15) is 0 Å². The van der Waals surface area contributed by atoms with E-state index in [1.54, 1.807) is 11.3 Å². The number of hydrogen-bond acceptors (Lipinski definition) is 5.